The lowest BCUT2D eigenvalue weighted by atomic mass is 10.0. The Kier molecular flexibility index (Phi) is 6.45. The molecule has 0 unspecified atom stereocenters. The molecule has 7 nitrogen and oxygen atoms in total. The van der Waals surface area contributed by atoms with Crippen molar-refractivity contribution in [1.82, 2.24) is 24.6 Å². The fourth-order valence-electron chi connectivity index (χ4n) is 4.78. The first kappa shape index (κ1) is 24.9. The monoisotopic (exact) mass is 511 g/mol. The van der Waals surface area contributed by atoms with Crippen LogP contribution in [0.5, 0.6) is 0 Å². The first-order chi connectivity index (χ1) is 17.6. The van der Waals surface area contributed by atoms with E-state index in [1.807, 2.05) is 43.6 Å². The Hall–Kier alpha value is -3.78. The predicted octanol–water partition coefficient (Wildman–Crippen LogP) is 6.16. The Labute approximate surface area is 222 Å². The lowest BCUT2D eigenvalue weighted by Crippen LogP contribution is -2.20. The van der Waals surface area contributed by atoms with Crippen LogP contribution in [0.15, 0.2) is 42.6 Å². The second-order valence-electron chi connectivity index (χ2n) is 9.90. The summed E-state index contributed by atoms with van der Waals surface area (Å²) in [6.07, 6.45) is 1.94. The molecule has 190 valence electrons. The van der Waals surface area contributed by atoms with E-state index in [4.69, 9.17) is 10.1 Å². The Morgan fingerprint density at radius 1 is 0.892 bits per heavy atom. The van der Waals surface area contributed by atoms with Gasteiger partial charge in [-0.1, -0.05) is 24.3 Å². The maximum atomic E-state index is 4.93. The van der Waals surface area contributed by atoms with Crippen LogP contribution >= 0.6 is 11.3 Å². The van der Waals surface area contributed by atoms with Crippen molar-refractivity contribution in [3.63, 3.8) is 0 Å². The molecule has 0 N–H and O–H groups in total. The second-order valence-corrected chi connectivity index (χ2v) is 11.1. The zero-order valence-corrected chi connectivity index (χ0v) is 23.6. The maximum Gasteiger partial charge on any atom is 0.165 e. The number of aromatic nitrogens is 5. The number of aryl methyl sites for hydroxylation is 5. The van der Waals surface area contributed by atoms with Gasteiger partial charge in [0.15, 0.2) is 5.65 Å². The Balaban J connectivity index is 1.49. The van der Waals surface area contributed by atoms with E-state index >= 15 is 0 Å². The standard InChI is InChI=1S/C29H33N7S/c1-17-13-25(34(6)7)30-15-24(17)27-19(3)33-36-26(14-18(2)31-29(27)36)35(8)16-22-9-11-23(12-10-22)28-20(4)32-21(5)37-28/h9-15H,16H2,1-8H3. The highest BCUT2D eigenvalue weighted by Gasteiger charge is 2.20. The molecule has 0 bridgehead atoms. The maximum absolute atomic E-state index is 4.93. The molecule has 4 aromatic heterocycles. The zero-order valence-electron chi connectivity index (χ0n) is 22.8. The molecule has 0 saturated heterocycles. The van der Waals surface area contributed by atoms with E-state index in [0.717, 1.165) is 62.6 Å². The quantitative estimate of drug-likeness (QED) is 0.272. The summed E-state index contributed by atoms with van der Waals surface area (Å²) in [4.78, 5) is 19.6. The number of hydrogen-bond donors (Lipinski definition) is 0. The number of benzene rings is 1. The number of anilines is 2. The normalized spacial score (nSPS) is 11.4. The van der Waals surface area contributed by atoms with Crippen LogP contribution in [0.3, 0.4) is 0 Å². The minimum Gasteiger partial charge on any atom is -0.363 e. The van der Waals surface area contributed by atoms with Gasteiger partial charge in [-0.25, -0.2) is 15.0 Å². The molecule has 0 saturated carbocycles. The van der Waals surface area contributed by atoms with Crippen LogP contribution in [0.25, 0.3) is 27.2 Å². The molecule has 4 heterocycles. The van der Waals surface area contributed by atoms with Gasteiger partial charge >= 0.3 is 0 Å². The van der Waals surface area contributed by atoms with Gasteiger partial charge in [0.1, 0.15) is 11.6 Å². The summed E-state index contributed by atoms with van der Waals surface area (Å²) >= 11 is 1.75. The number of pyridine rings is 1. The van der Waals surface area contributed by atoms with Crippen molar-refractivity contribution in [2.45, 2.75) is 41.2 Å². The minimum atomic E-state index is 0.756. The second kappa shape index (κ2) is 9.59. The lowest BCUT2D eigenvalue weighted by Gasteiger charge is -2.21. The Morgan fingerprint density at radius 3 is 2.24 bits per heavy atom. The summed E-state index contributed by atoms with van der Waals surface area (Å²) in [6.45, 7) is 11.1. The molecule has 5 rings (SSSR count). The van der Waals surface area contributed by atoms with E-state index in [-0.39, 0.29) is 0 Å². The highest BCUT2D eigenvalue weighted by atomic mass is 32.1. The summed E-state index contributed by atoms with van der Waals surface area (Å²) in [7, 11) is 6.11. The highest BCUT2D eigenvalue weighted by molar-refractivity contribution is 7.15. The predicted molar refractivity (Wildman–Crippen MR) is 154 cm³/mol. The summed E-state index contributed by atoms with van der Waals surface area (Å²) in [5, 5.41) is 6.03. The number of hydrogen-bond acceptors (Lipinski definition) is 7. The Morgan fingerprint density at radius 2 is 1.62 bits per heavy atom. The highest BCUT2D eigenvalue weighted by Crippen LogP contribution is 2.33. The van der Waals surface area contributed by atoms with Crippen molar-refractivity contribution in [2.75, 3.05) is 30.9 Å². The molecular weight excluding hydrogens is 478 g/mol. The van der Waals surface area contributed by atoms with Gasteiger partial charge in [0.2, 0.25) is 0 Å². The van der Waals surface area contributed by atoms with Crippen molar-refractivity contribution in [2.24, 2.45) is 0 Å². The summed E-state index contributed by atoms with van der Waals surface area (Å²) in [5.41, 5.74) is 9.54. The van der Waals surface area contributed by atoms with Crippen LogP contribution < -0.4 is 9.80 Å². The van der Waals surface area contributed by atoms with Gasteiger partial charge in [0, 0.05) is 51.2 Å². The van der Waals surface area contributed by atoms with Crippen LogP contribution in [0.4, 0.5) is 11.6 Å². The number of fused-ring (bicyclic) bond motifs is 1. The molecule has 0 aliphatic carbocycles. The van der Waals surface area contributed by atoms with Crippen molar-refractivity contribution < 1.29 is 0 Å². The van der Waals surface area contributed by atoms with E-state index in [1.165, 1.54) is 16.0 Å². The zero-order chi connectivity index (χ0) is 26.4. The van der Waals surface area contributed by atoms with Crippen molar-refractivity contribution in [3.8, 4) is 21.6 Å². The van der Waals surface area contributed by atoms with Crippen molar-refractivity contribution in [1.29, 1.82) is 0 Å². The summed E-state index contributed by atoms with van der Waals surface area (Å²) in [5.74, 6) is 1.94. The van der Waals surface area contributed by atoms with Crippen LogP contribution in [-0.2, 0) is 6.54 Å². The van der Waals surface area contributed by atoms with Gasteiger partial charge in [-0.05, 0) is 57.4 Å². The van der Waals surface area contributed by atoms with Gasteiger partial charge in [0.05, 0.1) is 26.8 Å². The molecule has 0 aliphatic heterocycles. The smallest absolute Gasteiger partial charge is 0.165 e. The third kappa shape index (κ3) is 4.69. The molecular formula is C29H33N7S. The van der Waals surface area contributed by atoms with Crippen LogP contribution in [-0.4, -0.2) is 45.7 Å². The minimum absolute atomic E-state index is 0.756. The average Bonchev–Trinajstić information content (AvgIpc) is 3.36. The van der Waals surface area contributed by atoms with E-state index in [1.54, 1.807) is 11.3 Å². The molecule has 5 aromatic rings. The largest absolute Gasteiger partial charge is 0.363 e. The molecule has 37 heavy (non-hydrogen) atoms. The summed E-state index contributed by atoms with van der Waals surface area (Å²) in [6, 6.07) is 13.0. The molecule has 0 spiro atoms. The number of nitrogens with zero attached hydrogens (tertiary/aromatic N) is 7. The van der Waals surface area contributed by atoms with Crippen molar-refractivity contribution in [3.05, 3.63) is 75.8 Å². The lowest BCUT2D eigenvalue weighted by molar-refractivity contribution is 0.821. The molecule has 0 atom stereocenters. The van der Waals surface area contributed by atoms with E-state index < -0.39 is 0 Å². The molecule has 0 aliphatic rings. The van der Waals surface area contributed by atoms with Gasteiger partial charge in [-0.3, -0.25) is 0 Å². The van der Waals surface area contributed by atoms with Gasteiger partial charge in [0.25, 0.3) is 0 Å². The van der Waals surface area contributed by atoms with Gasteiger partial charge in [-0.15, -0.1) is 11.3 Å². The molecule has 0 amide bonds. The first-order valence-electron chi connectivity index (χ1n) is 12.4. The number of thiazole rings is 1. The van der Waals surface area contributed by atoms with Gasteiger partial charge in [-0.2, -0.15) is 9.61 Å². The van der Waals surface area contributed by atoms with E-state index in [2.05, 4.69) is 79.1 Å². The molecule has 8 heteroatoms. The van der Waals surface area contributed by atoms with Crippen molar-refractivity contribution >= 4 is 28.6 Å². The first-order valence-corrected chi connectivity index (χ1v) is 13.2. The third-order valence-electron chi connectivity index (χ3n) is 6.63. The topological polar surface area (TPSA) is 62.5 Å². The fourth-order valence-corrected chi connectivity index (χ4v) is 5.70. The van der Waals surface area contributed by atoms with Crippen LogP contribution in [0.1, 0.15) is 33.2 Å². The van der Waals surface area contributed by atoms with E-state index in [0.29, 0.717) is 0 Å². The van der Waals surface area contributed by atoms with Crippen LogP contribution in [0.2, 0.25) is 0 Å². The molecule has 0 radical (unpaired) electrons. The number of rotatable bonds is 6. The fraction of sp³-hybridized carbons (Fsp3) is 0.310. The average molecular weight is 512 g/mol. The van der Waals surface area contributed by atoms with Crippen LogP contribution in [0, 0.1) is 34.6 Å². The summed E-state index contributed by atoms with van der Waals surface area (Å²) < 4.78 is 1.97. The SMILES string of the molecule is Cc1cc(N(C)Cc2ccc(-c3sc(C)nc3C)cc2)n2nc(C)c(-c3cnc(N(C)C)cc3C)c2n1. The third-order valence-corrected chi connectivity index (χ3v) is 7.75. The molecule has 0 fully saturated rings. The van der Waals surface area contributed by atoms with Gasteiger partial charge < -0.3 is 9.80 Å². The molecule has 1 aromatic carbocycles. The Bertz CT molecular complexity index is 1600. The van der Waals surface area contributed by atoms with E-state index in [9.17, 15) is 0 Å².